The fourth-order valence-electron chi connectivity index (χ4n) is 1.74. The van der Waals surface area contributed by atoms with Crippen molar-refractivity contribution >= 4 is 22.9 Å². The smallest absolute Gasteiger partial charge is 0.330 e. The molecule has 0 radical (unpaired) electrons. The van der Waals surface area contributed by atoms with Gasteiger partial charge in [-0.1, -0.05) is 0 Å². The number of aromatic amines is 1. The molecule has 0 unspecified atom stereocenters. The molecule has 2 aromatic rings. The van der Waals surface area contributed by atoms with Crippen molar-refractivity contribution in [2.45, 2.75) is 6.92 Å². The summed E-state index contributed by atoms with van der Waals surface area (Å²) in [5.74, 6) is 0.464. The SMILES string of the molecule is CCOC(=O)C=Cc1c[nH]c2cc(OC)ccc12. The summed E-state index contributed by atoms with van der Waals surface area (Å²) in [6, 6.07) is 5.75. The van der Waals surface area contributed by atoms with Crippen molar-refractivity contribution in [2.24, 2.45) is 0 Å². The molecule has 0 amide bonds. The Kier molecular flexibility index (Phi) is 3.67. The average molecular weight is 245 g/mol. The van der Waals surface area contributed by atoms with Crippen molar-refractivity contribution in [1.29, 1.82) is 0 Å². The van der Waals surface area contributed by atoms with Crippen LogP contribution in [0.1, 0.15) is 12.5 Å². The van der Waals surface area contributed by atoms with Gasteiger partial charge >= 0.3 is 5.97 Å². The third-order valence-corrected chi connectivity index (χ3v) is 2.61. The highest BCUT2D eigenvalue weighted by atomic mass is 16.5. The van der Waals surface area contributed by atoms with Crippen LogP contribution in [0.4, 0.5) is 0 Å². The zero-order valence-electron chi connectivity index (χ0n) is 10.4. The second-order valence-electron chi connectivity index (χ2n) is 3.74. The predicted octanol–water partition coefficient (Wildman–Crippen LogP) is 2.75. The van der Waals surface area contributed by atoms with Gasteiger partial charge in [0.15, 0.2) is 0 Å². The van der Waals surface area contributed by atoms with E-state index in [1.54, 1.807) is 20.1 Å². The normalized spacial score (nSPS) is 11.0. The van der Waals surface area contributed by atoms with Crippen LogP contribution in [0.5, 0.6) is 5.75 Å². The molecule has 1 heterocycles. The molecule has 0 spiro atoms. The maximum atomic E-state index is 11.2. The molecule has 0 saturated heterocycles. The van der Waals surface area contributed by atoms with Gasteiger partial charge in [0.05, 0.1) is 13.7 Å². The zero-order valence-corrected chi connectivity index (χ0v) is 10.4. The fraction of sp³-hybridized carbons (Fsp3) is 0.214. The number of carbonyl (C=O) groups is 1. The molecule has 0 atom stereocenters. The largest absolute Gasteiger partial charge is 0.497 e. The van der Waals surface area contributed by atoms with E-state index in [0.717, 1.165) is 22.2 Å². The number of ether oxygens (including phenoxy) is 2. The van der Waals surface area contributed by atoms with Crippen LogP contribution >= 0.6 is 0 Å². The van der Waals surface area contributed by atoms with E-state index in [1.165, 1.54) is 6.08 Å². The summed E-state index contributed by atoms with van der Waals surface area (Å²) in [6.45, 7) is 2.16. The lowest BCUT2D eigenvalue weighted by molar-refractivity contribution is -0.137. The van der Waals surface area contributed by atoms with Gasteiger partial charge in [-0.3, -0.25) is 0 Å². The molecule has 1 N–H and O–H groups in total. The highest BCUT2D eigenvalue weighted by Crippen LogP contribution is 2.23. The molecule has 0 aliphatic heterocycles. The van der Waals surface area contributed by atoms with E-state index in [-0.39, 0.29) is 5.97 Å². The second-order valence-corrected chi connectivity index (χ2v) is 3.74. The van der Waals surface area contributed by atoms with Gasteiger partial charge in [0.2, 0.25) is 0 Å². The first-order chi connectivity index (χ1) is 8.74. The number of H-pyrrole nitrogens is 1. The molecule has 0 fully saturated rings. The van der Waals surface area contributed by atoms with Gasteiger partial charge in [-0.25, -0.2) is 4.79 Å². The van der Waals surface area contributed by atoms with Crippen LogP contribution in [0.15, 0.2) is 30.5 Å². The van der Waals surface area contributed by atoms with Gasteiger partial charge in [0.25, 0.3) is 0 Å². The Bertz CT molecular complexity index is 584. The van der Waals surface area contributed by atoms with Gasteiger partial charge in [0, 0.05) is 34.8 Å². The topological polar surface area (TPSA) is 51.3 Å². The van der Waals surface area contributed by atoms with Crippen LogP contribution in [-0.2, 0) is 9.53 Å². The quantitative estimate of drug-likeness (QED) is 0.665. The maximum absolute atomic E-state index is 11.2. The molecule has 0 bridgehead atoms. The van der Waals surface area contributed by atoms with E-state index >= 15 is 0 Å². The molecule has 0 aliphatic carbocycles. The third-order valence-electron chi connectivity index (χ3n) is 2.61. The number of aromatic nitrogens is 1. The third kappa shape index (κ3) is 2.53. The number of carbonyl (C=O) groups excluding carboxylic acids is 1. The average Bonchev–Trinajstić information content (AvgIpc) is 2.78. The first-order valence-electron chi connectivity index (χ1n) is 5.74. The van der Waals surface area contributed by atoms with E-state index in [2.05, 4.69) is 4.98 Å². The van der Waals surface area contributed by atoms with E-state index in [9.17, 15) is 4.79 Å². The first-order valence-corrected chi connectivity index (χ1v) is 5.74. The summed E-state index contributed by atoms with van der Waals surface area (Å²) in [5, 5.41) is 1.04. The lowest BCUT2D eigenvalue weighted by Gasteiger charge is -1.99. The van der Waals surface area contributed by atoms with Crippen LogP contribution in [0, 0.1) is 0 Å². The molecular weight excluding hydrogens is 230 g/mol. The zero-order chi connectivity index (χ0) is 13.0. The van der Waals surface area contributed by atoms with Gasteiger partial charge in [-0.15, -0.1) is 0 Å². The molecule has 4 heteroatoms. The van der Waals surface area contributed by atoms with Crippen molar-refractivity contribution < 1.29 is 14.3 Å². The number of fused-ring (bicyclic) bond motifs is 1. The number of methoxy groups -OCH3 is 1. The van der Waals surface area contributed by atoms with Crippen LogP contribution in [0.25, 0.3) is 17.0 Å². The molecule has 1 aromatic heterocycles. The number of nitrogens with one attached hydrogen (secondary N) is 1. The molecule has 2 rings (SSSR count). The van der Waals surface area contributed by atoms with Gasteiger partial charge < -0.3 is 14.5 Å². The van der Waals surface area contributed by atoms with E-state index in [0.29, 0.717) is 6.61 Å². The fourth-order valence-corrected chi connectivity index (χ4v) is 1.74. The van der Waals surface area contributed by atoms with E-state index in [4.69, 9.17) is 9.47 Å². The number of hydrogen-bond donors (Lipinski definition) is 1. The van der Waals surface area contributed by atoms with Crippen LogP contribution in [-0.4, -0.2) is 24.7 Å². The molecule has 18 heavy (non-hydrogen) atoms. The Morgan fingerprint density at radius 3 is 3.00 bits per heavy atom. The number of hydrogen-bond acceptors (Lipinski definition) is 3. The second kappa shape index (κ2) is 5.40. The van der Waals surface area contributed by atoms with Gasteiger partial charge in [-0.2, -0.15) is 0 Å². The summed E-state index contributed by atoms with van der Waals surface area (Å²) in [6.07, 6.45) is 5.01. The minimum absolute atomic E-state index is 0.333. The maximum Gasteiger partial charge on any atom is 0.330 e. The van der Waals surface area contributed by atoms with E-state index < -0.39 is 0 Å². The Balaban J connectivity index is 2.27. The number of benzene rings is 1. The van der Waals surface area contributed by atoms with Crippen molar-refractivity contribution in [3.05, 3.63) is 36.0 Å². The Labute approximate surface area is 105 Å². The van der Waals surface area contributed by atoms with Crippen molar-refractivity contribution in [3.8, 4) is 5.75 Å². The Morgan fingerprint density at radius 1 is 1.44 bits per heavy atom. The first kappa shape index (κ1) is 12.2. The Hall–Kier alpha value is -2.23. The standard InChI is InChI=1S/C14H15NO3/c1-3-18-14(16)7-4-10-9-15-13-8-11(17-2)5-6-12(10)13/h4-9,15H,3H2,1-2H3. The van der Waals surface area contributed by atoms with Crippen molar-refractivity contribution in [1.82, 2.24) is 4.98 Å². The lowest BCUT2D eigenvalue weighted by atomic mass is 10.1. The van der Waals surface area contributed by atoms with Gasteiger partial charge in [-0.05, 0) is 25.1 Å². The summed E-state index contributed by atoms with van der Waals surface area (Å²) < 4.78 is 9.98. The van der Waals surface area contributed by atoms with Crippen molar-refractivity contribution in [2.75, 3.05) is 13.7 Å². The molecule has 94 valence electrons. The highest BCUT2D eigenvalue weighted by Gasteiger charge is 2.03. The summed E-state index contributed by atoms with van der Waals surface area (Å²) in [5.41, 5.74) is 1.92. The minimum atomic E-state index is -0.333. The Morgan fingerprint density at radius 2 is 2.28 bits per heavy atom. The summed E-state index contributed by atoms with van der Waals surface area (Å²) >= 11 is 0. The summed E-state index contributed by atoms with van der Waals surface area (Å²) in [7, 11) is 1.63. The molecule has 0 saturated carbocycles. The lowest BCUT2D eigenvalue weighted by Crippen LogP contribution is -1.98. The van der Waals surface area contributed by atoms with Crippen LogP contribution < -0.4 is 4.74 Å². The van der Waals surface area contributed by atoms with Crippen LogP contribution in [0.2, 0.25) is 0 Å². The number of rotatable bonds is 4. The van der Waals surface area contributed by atoms with Crippen molar-refractivity contribution in [3.63, 3.8) is 0 Å². The van der Waals surface area contributed by atoms with Gasteiger partial charge in [0.1, 0.15) is 5.75 Å². The predicted molar refractivity (Wildman–Crippen MR) is 70.5 cm³/mol. The molecule has 4 nitrogen and oxygen atoms in total. The molecule has 0 aliphatic rings. The monoisotopic (exact) mass is 245 g/mol. The molecular formula is C14H15NO3. The molecule has 1 aromatic carbocycles. The van der Waals surface area contributed by atoms with Crippen LogP contribution in [0.3, 0.4) is 0 Å². The number of esters is 1. The van der Waals surface area contributed by atoms with E-state index in [1.807, 2.05) is 24.4 Å². The highest BCUT2D eigenvalue weighted by molar-refractivity contribution is 5.94. The minimum Gasteiger partial charge on any atom is -0.497 e. The summed E-state index contributed by atoms with van der Waals surface area (Å²) in [4.78, 5) is 14.4.